The Morgan fingerprint density at radius 2 is 1.75 bits per heavy atom. The lowest BCUT2D eigenvalue weighted by molar-refractivity contribution is -0.117. The maximum Gasteiger partial charge on any atom is 0.199 e. The zero-order valence-electron chi connectivity index (χ0n) is 16.5. The number of benzene rings is 2. The van der Waals surface area contributed by atoms with E-state index in [1.807, 2.05) is 13.8 Å². The van der Waals surface area contributed by atoms with Crippen molar-refractivity contribution in [1.29, 1.82) is 0 Å². The summed E-state index contributed by atoms with van der Waals surface area (Å²) in [7, 11) is 1.36. The Balaban J connectivity index is 2.44. The van der Waals surface area contributed by atoms with E-state index in [0.29, 0.717) is 18.4 Å². The van der Waals surface area contributed by atoms with Gasteiger partial charge in [0.25, 0.3) is 0 Å². The molecule has 0 saturated carbocycles. The van der Waals surface area contributed by atoms with Crippen LogP contribution in [0.2, 0.25) is 0 Å². The fourth-order valence-corrected chi connectivity index (χ4v) is 3.23. The van der Waals surface area contributed by atoms with E-state index in [-0.39, 0.29) is 34.7 Å². The molecule has 0 saturated heterocycles. The first-order valence-electron chi connectivity index (χ1n) is 9.20. The maximum absolute atomic E-state index is 15.4. The molecule has 2 aromatic carbocycles. The summed E-state index contributed by atoms with van der Waals surface area (Å²) >= 11 is 0. The first-order chi connectivity index (χ1) is 13.3. The van der Waals surface area contributed by atoms with Crippen LogP contribution in [0.25, 0.3) is 0 Å². The van der Waals surface area contributed by atoms with Crippen LogP contribution in [0.5, 0.6) is 5.75 Å². The van der Waals surface area contributed by atoms with Crippen LogP contribution in [0.15, 0.2) is 36.4 Å². The minimum Gasteiger partial charge on any atom is -0.496 e. The predicted molar refractivity (Wildman–Crippen MR) is 104 cm³/mol. The average molecular weight is 389 g/mol. The van der Waals surface area contributed by atoms with Gasteiger partial charge in [-0.05, 0) is 50.6 Å². The summed E-state index contributed by atoms with van der Waals surface area (Å²) in [4.78, 5) is 24.2. The predicted octanol–water partition coefficient (Wildman–Crippen LogP) is 4.61. The molecular weight excluding hydrogens is 364 g/mol. The van der Waals surface area contributed by atoms with Crippen molar-refractivity contribution in [3.8, 4) is 5.75 Å². The zero-order chi connectivity index (χ0) is 20.8. The van der Waals surface area contributed by atoms with Crippen molar-refractivity contribution in [2.24, 2.45) is 0 Å². The molecule has 0 heterocycles. The standard InChI is InChI=1S/C22H25F2NO3/c1-5-18(25-13(2)12-14(3)26)17-10-11-19(28-4)20(21(17)24)22(27)15-6-8-16(23)9-7-15/h6-11,13,18,25H,5,12H2,1-4H3/t13-,18+/m0/s1. The summed E-state index contributed by atoms with van der Waals surface area (Å²) in [6, 6.07) is 7.55. The largest absolute Gasteiger partial charge is 0.496 e. The number of ether oxygens (including phenoxy) is 1. The van der Waals surface area contributed by atoms with Crippen LogP contribution in [0.1, 0.15) is 61.1 Å². The smallest absolute Gasteiger partial charge is 0.199 e. The fourth-order valence-electron chi connectivity index (χ4n) is 3.23. The summed E-state index contributed by atoms with van der Waals surface area (Å²) in [5, 5.41) is 3.24. The number of hydrogen-bond acceptors (Lipinski definition) is 4. The molecule has 1 N–H and O–H groups in total. The molecular formula is C22H25F2NO3. The highest BCUT2D eigenvalue weighted by Gasteiger charge is 2.26. The van der Waals surface area contributed by atoms with Gasteiger partial charge in [-0.15, -0.1) is 0 Å². The van der Waals surface area contributed by atoms with Crippen molar-refractivity contribution in [3.63, 3.8) is 0 Å². The van der Waals surface area contributed by atoms with Crippen molar-refractivity contribution in [2.45, 2.75) is 45.7 Å². The second-order valence-corrected chi connectivity index (χ2v) is 6.82. The number of rotatable bonds is 9. The number of Topliss-reactive ketones (excluding diaryl/α,β-unsaturated/α-hetero) is 1. The average Bonchev–Trinajstić information content (AvgIpc) is 2.65. The Morgan fingerprint density at radius 1 is 1.11 bits per heavy atom. The number of ketones is 2. The van der Waals surface area contributed by atoms with Crippen molar-refractivity contribution < 1.29 is 23.1 Å². The zero-order valence-corrected chi connectivity index (χ0v) is 16.5. The van der Waals surface area contributed by atoms with Crippen molar-refractivity contribution in [1.82, 2.24) is 5.32 Å². The number of carbonyl (C=O) groups is 2. The van der Waals surface area contributed by atoms with E-state index >= 15 is 4.39 Å². The monoisotopic (exact) mass is 389 g/mol. The normalized spacial score (nSPS) is 13.1. The van der Waals surface area contributed by atoms with Crippen LogP contribution in [0, 0.1) is 11.6 Å². The van der Waals surface area contributed by atoms with E-state index in [0.717, 1.165) is 12.1 Å². The number of methoxy groups -OCH3 is 1. The van der Waals surface area contributed by atoms with Crippen molar-refractivity contribution >= 4 is 11.6 Å². The third kappa shape index (κ3) is 5.01. The highest BCUT2D eigenvalue weighted by Crippen LogP contribution is 2.31. The van der Waals surface area contributed by atoms with Gasteiger partial charge in [0.2, 0.25) is 0 Å². The highest BCUT2D eigenvalue weighted by molar-refractivity contribution is 6.11. The Labute approximate surface area is 163 Å². The molecule has 0 radical (unpaired) electrons. The van der Waals surface area contributed by atoms with E-state index in [1.165, 1.54) is 26.2 Å². The van der Waals surface area contributed by atoms with Gasteiger partial charge in [0, 0.05) is 29.6 Å². The third-order valence-electron chi connectivity index (χ3n) is 4.55. The van der Waals surface area contributed by atoms with Crippen molar-refractivity contribution in [3.05, 3.63) is 64.7 Å². The fraction of sp³-hybridized carbons (Fsp3) is 0.364. The Morgan fingerprint density at radius 3 is 2.29 bits per heavy atom. The van der Waals surface area contributed by atoms with Crippen LogP contribution in [0.4, 0.5) is 8.78 Å². The molecule has 0 unspecified atom stereocenters. The highest BCUT2D eigenvalue weighted by atomic mass is 19.1. The minimum absolute atomic E-state index is 0.0391. The summed E-state index contributed by atoms with van der Waals surface area (Å²) in [6.45, 7) is 5.26. The lowest BCUT2D eigenvalue weighted by atomic mass is 9.94. The summed E-state index contributed by atoms with van der Waals surface area (Å²) in [5.41, 5.74) is 0.303. The quantitative estimate of drug-likeness (QED) is 0.636. The van der Waals surface area contributed by atoms with Gasteiger partial charge in [0.05, 0.1) is 7.11 Å². The van der Waals surface area contributed by atoms with Gasteiger partial charge in [-0.3, -0.25) is 9.59 Å². The van der Waals surface area contributed by atoms with Gasteiger partial charge in [-0.25, -0.2) is 8.78 Å². The van der Waals surface area contributed by atoms with Gasteiger partial charge in [0.15, 0.2) is 5.78 Å². The molecule has 0 aliphatic rings. The van der Waals surface area contributed by atoms with Crippen LogP contribution in [-0.4, -0.2) is 24.7 Å². The van der Waals surface area contributed by atoms with Crippen LogP contribution >= 0.6 is 0 Å². The summed E-state index contributed by atoms with van der Waals surface area (Å²) in [6.07, 6.45) is 0.894. The first-order valence-corrected chi connectivity index (χ1v) is 9.20. The Bertz CT molecular complexity index is 850. The summed E-state index contributed by atoms with van der Waals surface area (Å²) < 4.78 is 33.8. The molecule has 2 aromatic rings. The van der Waals surface area contributed by atoms with E-state index < -0.39 is 17.4 Å². The topological polar surface area (TPSA) is 55.4 Å². The maximum atomic E-state index is 15.4. The second-order valence-electron chi connectivity index (χ2n) is 6.82. The number of carbonyl (C=O) groups excluding carboxylic acids is 2. The van der Waals surface area contributed by atoms with Crippen LogP contribution in [0.3, 0.4) is 0 Å². The van der Waals surface area contributed by atoms with E-state index in [2.05, 4.69) is 5.32 Å². The molecule has 2 rings (SSSR count). The summed E-state index contributed by atoms with van der Waals surface area (Å²) in [5.74, 6) is -1.59. The molecule has 0 fully saturated rings. The SMILES string of the molecule is CC[C@@H](N[C@@H](C)CC(C)=O)c1ccc(OC)c(C(=O)c2ccc(F)cc2)c1F. The Kier molecular flexibility index (Phi) is 7.40. The molecule has 4 nitrogen and oxygen atoms in total. The number of nitrogens with one attached hydrogen (secondary N) is 1. The molecule has 2 atom stereocenters. The van der Waals surface area contributed by atoms with Gasteiger partial charge >= 0.3 is 0 Å². The molecule has 0 aliphatic carbocycles. The Hall–Kier alpha value is -2.60. The molecule has 28 heavy (non-hydrogen) atoms. The third-order valence-corrected chi connectivity index (χ3v) is 4.55. The van der Waals surface area contributed by atoms with E-state index in [4.69, 9.17) is 4.74 Å². The van der Waals surface area contributed by atoms with Crippen molar-refractivity contribution in [2.75, 3.05) is 7.11 Å². The minimum atomic E-state index is -0.678. The van der Waals surface area contributed by atoms with Gasteiger partial charge in [-0.1, -0.05) is 13.0 Å². The molecule has 0 aliphatic heterocycles. The first kappa shape index (κ1) is 21.7. The number of halogens is 2. The van der Waals surface area contributed by atoms with E-state index in [1.54, 1.807) is 12.1 Å². The lowest BCUT2D eigenvalue weighted by Crippen LogP contribution is -2.32. The molecule has 6 heteroatoms. The number of hydrogen-bond donors (Lipinski definition) is 1. The molecule has 0 bridgehead atoms. The van der Waals surface area contributed by atoms with Crippen LogP contribution in [-0.2, 0) is 4.79 Å². The molecule has 0 spiro atoms. The van der Waals surface area contributed by atoms with Gasteiger partial charge in [0.1, 0.15) is 28.7 Å². The molecule has 0 amide bonds. The van der Waals surface area contributed by atoms with E-state index in [9.17, 15) is 14.0 Å². The van der Waals surface area contributed by atoms with Gasteiger partial charge in [-0.2, -0.15) is 0 Å². The molecule has 0 aromatic heterocycles. The van der Waals surface area contributed by atoms with Gasteiger partial charge < -0.3 is 10.1 Å². The van der Waals surface area contributed by atoms with Crippen LogP contribution < -0.4 is 10.1 Å². The molecule has 150 valence electrons. The second kappa shape index (κ2) is 9.55. The lowest BCUT2D eigenvalue weighted by Gasteiger charge is -2.24.